The van der Waals surface area contributed by atoms with Gasteiger partial charge in [0.25, 0.3) is 10.0 Å². The molecule has 0 aliphatic rings. The quantitative estimate of drug-likeness (QED) is 0.789. The van der Waals surface area contributed by atoms with Crippen LogP contribution in [0.4, 0.5) is 5.69 Å². The zero-order chi connectivity index (χ0) is 19.7. The van der Waals surface area contributed by atoms with Gasteiger partial charge < -0.3 is 9.47 Å². The minimum Gasteiger partial charge on any atom is -0.495 e. The Hall–Kier alpha value is -1.92. The van der Waals surface area contributed by atoms with E-state index in [-0.39, 0.29) is 21.0 Å². The number of sulfonamides is 1. The number of methoxy groups -OCH3 is 2. The van der Waals surface area contributed by atoms with E-state index in [1.165, 1.54) is 20.3 Å². The molecule has 0 bridgehead atoms. The first kappa shape index (κ1) is 20.4. The maximum absolute atomic E-state index is 13.0. The average molecular weight is 398 g/mol. The minimum absolute atomic E-state index is 0.168. The summed E-state index contributed by atoms with van der Waals surface area (Å²) >= 11 is 6.13. The number of nitrogens with one attached hydrogen (secondary N) is 1. The molecule has 0 aliphatic heterocycles. The molecule has 2 rings (SSSR count). The molecule has 5 nitrogen and oxygen atoms in total. The van der Waals surface area contributed by atoms with E-state index in [4.69, 9.17) is 21.1 Å². The molecule has 0 aromatic heterocycles. The Morgan fingerprint density at radius 1 is 1.00 bits per heavy atom. The number of benzene rings is 2. The van der Waals surface area contributed by atoms with Crippen molar-refractivity contribution < 1.29 is 17.9 Å². The molecule has 26 heavy (non-hydrogen) atoms. The fraction of sp³-hybridized carbons (Fsp3) is 0.368. The SMILES string of the molecule is COc1cc(OC)c(NS(=O)(=O)c2cc(C(C)(C)C)ccc2C)cc1Cl. The third-order valence-corrected chi connectivity index (χ3v) is 5.86. The number of aryl methyl sites for hydroxylation is 1. The molecule has 0 saturated heterocycles. The molecular weight excluding hydrogens is 374 g/mol. The number of anilines is 1. The lowest BCUT2D eigenvalue weighted by atomic mass is 9.87. The van der Waals surface area contributed by atoms with Gasteiger partial charge >= 0.3 is 0 Å². The number of halogens is 1. The molecule has 0 fully saturated rings. The first-order valence-electron chi connectivity index (χ1n) is 8.05. The van der Waals surface area contributed by atoms with Crippen LogP contribution in [0.2, 0.25) is 5.02 Å². The first-order valence-corrected chi connectivity index (χ1v) is 9.91. The van der Waals surface area contributed by atoms with Crippen LogP contribution in [0.1, 0.15) is 31.9 Å². The number of hydrogen-bond acceptors (Lipinski definition) is 4. The monoisotopic (exact) mass is 397 g/mol. The van der Waals surface area contributed by atoms with Crippen molar-refractivity contribution in [2.75, 3.05) is 18.9 Å². The summed E-state index contributed by atoms with van der Waals surface area (Å²) in [4.78, 5) is 0.221. The molecule has 0 spiro atoms. The molecule has 7 heteroatoms. The van der Waals surface area contributed by atoms with E-state index in [1.807, 2.05) is 32.9 Å². The molecule has 2 aromatic carbocycles. The topological polar surface area (TPSA) is 64.6 Å². The van der Waals surface area contributed by atoms with Gasteiger partial charge in [-0.15, -0.1) is 0 Å². The Bertz CT molecular complexity index is 918. The van der Waals surface area contributed by atoms with Gasteiger partial charge in [0.1, 0.15) is 11.5 Å². The summed E-state index contributed by atoms with van der Waals surface area (Å²) in [6.45, 7) is 7.87. The smallest absolute Gasteiger partial charge is 0.262 e. The van der Waals surface area contributed by atoms with E-state index in [2.05, 4.69) is 4.72 Å². The third kappa shape index (κ3) is 4.24. The molecule has 0 aliphatic carbocycles. The van der Waals surface area contributed by atoms with Crippen molar-refractivity contribution in [3.05, 3.63) is 46.5 Å². The van der Waals surface area contributed by atoms with E-state index in [0.717, 1.165) is 5.56 Å². The Labute approximate surface area is 160 Å². The fourth-order valence-corrected chi connectivity index (χ4v) is 4.07. The lowest BCUT2D eigenvalue weighted by Gasteiger charge is -2.21. The molecule has 0 unspecified atom stereocenters. The molecule has 1 N–H and O–H groups in total. The molecule has 0 amide bonds. The van der Waals surface area contributed by atoms with Gasteiger partial charge in [-0.05, 0) is 35.6 Å². The second-order valence-electron chi connectivity index (χ2n) is 7.02. The van der Waals surface area contributed by atoms with Crippen molar-refractivity contribution in [3.63, 3.8) is 0 Å². The van der Waals surface area contributed by atoms with Crippen LogP contribution in [0.5, 0.6) is 11.5 Å². The van der Waals surface area contributed by atoms with Crippen molar-refractivity contribution in [1.29, 1.82) is 0 Å². The van der Waals surface area contributed by atoms with Gasteiger partial charge in [-0.1, -0.05) is 44.5 Å². The van der Waals surface area contributed by atoms with Crippen LogP contribution in [0.15, 0.2) is 35.2 Å². The Morgan fingerprint density at radius 3 is 2.15 bits per heavy atom. The highest BCUT2D eigenvalue weighted by molar-refractivity contribution is 7.92. The van der Waals surface area contributed by atoms with Crippen molar-refractivity contribution in [1.82, 2.24) is 0 Å². The van der Waals surface area contributed by atoms with E-state index in [0.29, 0.717) is 17.1 Å². The van der Waals surface area contributed by atoms with Crippen molar-refractivity contribution in [2.24, 2.45) is 0 Å². The third-order valence-electron chi connectivity index (χ3n) is 4.06. The van der Waals surface area contributed by atoms with Crippen LogP contribution in [0.3, 0.4) is 0 Å². The Balaban J connectivity index is 2.52. The zero-order valence-electron chi connectivity index (χ0n) is 15.8. The minimum atomic E-state index is -3.83. The van der Waals surface area contributed by atoms with Gasteiger partial charge in [-0.3, -0.25) is 4.72 Å². The predicted octanol–water partition coefficient (Wildman–Crippen LogP) is 4.76. The zero-order valence-corrected chi connectivity index (χ0v) is 17.4. The standard InChI is InChI=1S/C19H24ClNO4S/c1-12-7-8-13(19(2,3)4)9-18(12)26(22,23)21-15-10-14(20)16(24-5)11-17(15)25-6/h7-11,21H,1-6H3. The van der Waals surface area contributed by atoms with Crippen LogP contribution < -0.4 is 14.2 Å². The molecule has 0 saturated carbocycles. The average Bonchev–Trinajstić information content (AvgIpc) is 2.54. The summed E-state index contributed by atoms with van der Waals surface area (Å²) in [6, 6.07) is 8.47. The van der Waals surface area contributed by atoms with Gasteiger partial charge in [0.15, 0.2) is 0 Å². The van der Waals surface area contributed by atoms with E-state index in [1.54, 1.807) is 19.1 Å². The normalized spacial score (nSPS) is 12.0. The molecule has 2 aromatic rings. The maximum Gasteiger partial charge on any atom is 0.262 e. The summed E-state index contributed by atoms with van der Waals surface area (Å²) in [6.07, 6.45) is 0. The molecule has 0 radical (unpaired) electrons. The predicted molar refractivity (Wildman–Crippen MR) is 105 cm³/mol. The van der Waals surface area contributed by atoms with Gasteiger partial charge in [0, 0.05) is 6.07 Å². The number of ether oxygens (including phenoxy) is 2. The van der Waals surface area contributed by atoms with Crippen LogP contribution in [0, 0.1) is 6.92 Å². The first-order chi connectivity index (χ1) is 12.0. The van der Waals surface area contributed by atoms with E-state index < -0.39 is 10.0 Å². The molecule has 142 valence electrons. The Kier molecular flexibility index (Phi) is 5.78. The summed E-state index contributed by atoms with van der Waals surface area (Å²) < 4.78 is 39.0. The molecule has 0 heterocycles. The molecular formula is C19H24ClNO4S. The van der Waals surface area contributed by atoms with E-state index >= 15 is 0 Å². The highest BCUT2D eigenvalue weighted by Crippen LogP contribution is 2.37. The maximum atomic E-state index is 13.0. The van der Waals surface area contributed by atoms with Gasteiger partial charge in [-0.25, -0.2) is 8.42 Å². The fourth-order valence-electron chi connectivity index (χ4n) is 2.50. The number of hydrogen-bond donors (Lipinski definition) is 1. The van der Waals surface area contributed by atoms with Gasteiger partial charge in [0.2, 0.25) is 0 Å². The lowest BCUT2D eigenvalue weighted by molar-refractivity contribution is 0.396. The lowest BCUT2D eigenvalue weighted by Crippen LogP contribution is -2.17. The molecule has 0 atom stereocenters. The van der Waals surface area contributed by atoms with Crippen LogP contribution in [0.25, 0.3) is 0 Å². The second-order valence-corrected chi connectivity index (χ2v) is 9.08. The summed E-state index contributed by atoms with van der Waals surface area (Å²) in [5.41, 5.74) is 1.67. The Morgan fingerprint density at radius 2 is 1.62 bits per heavy atom. The number of rotatable bonds is 5. The second kappa shape index (κ2) is 7.37. The van der Waals surface area contributed by atoms with Crippen molar-refractivity contribution in [3.8, 4) is 11.5 Å². The van der Waals surface area contributed by atoms with Gasteiger partial charge in [0.05, 0.1) is 29.8 Å². The van der Waals surface area contributed by atoms with Crippen molar-refractivity contribution in [2.45, 2.75) is 38.0 Å². The largest absolute Gasteiger partial charge is 0.495 e. The van der Waals surface area contributed by atoms with Crippen LogP contribution >= 0.6 is 11.6 Å². The van der Waals surface area contributed by atoms with Crippen molar-refractivity contribution >= 4 is 27.3 Å². The van der Waals surface area contributed by atoms with Crippen LogP contribution in [-0.2, 0) is 15.4 Å². The van der Waals surface area contributed by atoms with Gasteiger partial charge in [-0.2, -0.15) is 0 Å². The van der Waals surface area contributed by atoms with E-state index in [9.17, 15) is 8.42 Å². The highest BCUT2D eigenvalue weighted by Gasteiger charge is 2.23. The summed E-state index contributed by atoms with van der Waals surface area (Å²) in [7, 11) is -0.897. The summed E-state index contributed by atoms with van der Waals surface area (Å²) in [5.74, 6) is 0.719. The van der Waals surface area contributed by atoms with Crippen LogP contribution in [-0.4, -0.2) is 22.6 Å². The summed E-state index contributed by atoms with van der Waals surface area (Å²) in [5, 5.41) is 0.283. The highest BCUT2D eigenvalue weighted by atomic mass is 35.5.